The van der Waals surface area contributed by atoms with Crippen LogP contribution >= 0.6 is 11.6 Å². The first-order chi connectivity index (χ1) is 7.19. The summed E-state index contributed by atoms with van der Waals surface area (Å²) in [6, 6.07) is 0. The van der Waals surface area contributed by atoms with Crippen LogP contribution in [0.3, 0.4) is 0 Å². The highest BCUT2D eigenvalue weighted by molar-refractivity contribution is 6.32. The number of nitrogens with zero attached hydrogens (tertiary/aromatic N) is 3. The third-order valence-corrected chi connectivity index (χ3v) is 2.21. The summed E-state index contributed by atoms with van der Waals surface area (Å²) in [4.78, 5) is 10.2. The Morgan fingerprint density at radius 2 is 2.33 bits per heavy atom. The molecule has 6 heteroatoms. The maximum atomic E-state index is 5.99. The number of likely N-dealkylation sites (N-methyl/N-ethyl adjacent to an activating group) is 1. The fourth-order valence-electron chi connectivity index (χ4n) is 1.08. The van der Waals surface area contributed by atoms with Crippen LogP contribution in [0.5, 0.6) is 0 Å². The van der Waals surface area contributed by atoms with Gasteiger partial charge in [0.05, 0.1) is 12.8 Å². The highest BCUT2D eigenvalue weighted by atomic mass is 35.5. The van der Waals surface area contributed by atoms with E-state index in [0.29, 0.717) is 23.4 Å². The number of nitrogens with one attached hydrogen (secondary N) is 1. The lowest BCUT2D eigenvalue weighted by molar-refractivity contribution is 0.206. The van der Waals surface area contributed by atoms with Crippen LogP contribution < -0.4 is 10.2 Å². The lowest BCUT2D eigenvalue weighted by Gasteiger charge is -2.18. The van der Waals surface area contributed by atoms with Crippen LogP contribution in [0, 0.1) is 0 Å². The van der Waals surface area contributed by atoms with Gasteiger partial charge in [-0.3, -0.25) is 0 Å². The molecular formula is C9H15ClN4O. The smallest absolute Gasteiger partial charge is 0.224 e. The first-order valence-corrected chi connectivity index (χ1v) is 4.97. The maximum absolute atomic E-state index is 5.99. The van der Waals surface area contributed by atoms with Gasteiger partial charge >= 0.3 is 0 Å². The van der Waals surface area contributed by atoms with Crippen molar-refractivity contribution >= 4 is 23.4 Å². The van der Waals surface area contributed by atoms with E-state index in [2.05, 4.69) is 15.3 Å². The zero-order valence-corrected chi connectivity index (χ0v) is 9.88. The summed E-state index contributed by atoms with van der Waals surface area (Å²) in [7, 11) is 5.34. The summed E-state index contributed by atoms with van der Waals surface area (Å²) < 4.78 is 4.99. The van der Waals surface area contributed by atoms with E-state index in [1.165, 1.54) is 0 Å². The number of hydrogen-bond acceptors (Lipinski definition) is 5. The van der Waals surface area contributed by atoms with Crippen LogP contribution in [0.25, 0.3) is 0 Å². The minimum atomic E-state index is 0.535. The SMILES string of the molecule is CNc1ncc(Cl)c(N(C)CCOC)n1. The molecule has 5 nitrogen and oxygen atoms in total. The molecule has 1 N–H and O–H groups in total. The van der Waals surface area contributed by atoms with E-state index >= 15 is 0 Å². The van der Waals surface area contributed by atoms with Crippen LogP contribution in [0.2, 0.25) is 5.02 Å². The monoisotopic (exact) mass is 230 g/mol. The molecule has 0 saturated heterocycles. The van der Waals surface area contributed by atoms with E-state index < -0.39 is 0 Å². The summed E-state index contributed by atoms with van der Waals surface area (Å²) in [6.07, 6.45) is 1.58. The molecule has 0 spiro atoms. The Morgan fingerprint density at radius 3 is 2.93 bits per heavy atom. The molecule has 1 rings (SSSR count). The molecule has 0 fully saturated rings. The highest BCUT2D eigenvalue weighted by Gasteiger charge is 2.09. The molecule has 84 valence electrons. The van der Waals surface area contributed by atoms with E-state index in [-0.39, 0.29) is 0 Å². The van der Waals surface area contributed by atoms with Crippen LogP contribution in [0.4, 0.5) is 11.8 Å². The number of hydrogen-bond donors (Lipinski definition) is 1. The van der Waals surface area contributed by atoms with Gasteiger partial charge in [-0.05, 0) is 0 Å². The molecule has 0 atom stereocenters. The summed E-state index contributed by atoms with van der Waals surface area (Å²) >= 11 is 5.99. The van der Waals surface area contributed by atoms with Gasteiger partial charge in [-0.1, -0.05) is 11.6 Å². The van der Waals surface area contributed by atoms with Gasteiger partial charge in [-0.25, -0.2) is 4.98 Å². The Labute approximate surface area is 94.4 Å². The maximum Gasteiger partial charge on any atom is 0.224 e. The third kappa shape index (κ3) is 3.21. The van der Waals surface area contributed by atoms with Gasteiger partial charge in [-0.2, -0.15) is 4.98 Å². The zero-order valence-electron chi connectivity index (χ0n) is 9.12. The molecule has 0 unspecified atom stereocenters. The summed E-state index contributed by atoms with van der Waals surface area (Å²) in [5.41, 5.74) is 0. The molecule has 0 aromatic carbocycles. The van der Waals surface area contributed by atoms with Crippen molar-refractivity contribution in [2.24, 2.45) is 0 Å². The zero-order chi connectivity index (χ0) is 11.3. The Morgan fingerprint density at radius 1 is 1.60 bits per heavy atom. The van der Waals surface area contributed by atoms with Gasteiger partial charge < -0.3 is 15.0 Å². The van der Waals surface area contributed by atoms with Gasteiger partial charge in [0.1, 0.15) is 5.02 Å². The minimum absolute atomic E-state index is 0.535. The Kier molecular flexibility index (Phi) is 4.58. The van der Waals surface area contributed by atoms with Crippen molar-refractivity contribution in [1.82, 2.24) is 9.97 Å². The second-order valence-electron chi connectivity index (χ2n) is 3.03. The third-order valence-electron chi connectivity index (χ3n) is 1.94. The van der Waals surface area contributed by atoms with Crippen LogP contribution in [0.1, 0.15) is 0 Å². The largest absolute Gasteiger partial charge is 0.383 e. The Balaban J connectivity index is 2.81. The second-order valence-corrected chi connectivity index (χ2v) is 3.44. The first kappa shape index (κ1) is 12.0. The molecule has 0 aliphatic heterocycles. The summed E-state index contributed by atoms with van der Waals surface area (Å²) in [6.45, 7) is 1.36. The van der Waals surface area contributed by atoms with Gasteiger partial charge in [0, 0.05) is 27.7 Å². The molecule has 0 aliphatic carbocycles. The van der Waals surface area contributed by atoms with Crippen molar-refractivity contribution in [1.29, 1.82) is 0 Å². The molecule has 1 aromatic heterocycles. The average molecular weight is 231 g/mol. The summed E-state index contributed by atoms with van der Waals surface area (Å²) in [5.74, 6) is 1.26. The van der Waals surface area contributed by atoms with Gasteiger partial charge in [0.15, 0.2) is 5.82 Å². The molecule has 0 aliphatic rings. The van der Waals surface area contributed by atoms with Crippen molar-refractivity contribution in [3.63, 3.8) is 0 Å². The van der Waals surface area contributed by atoms with E-state index in [4.69, 9.17) is 16.3 Å². The Bertz CT molecular complexity index is 321. The molecule has 0 bridgehead atoms. The number of ether oxygens (including phenoxy) is 1. The predicted molar refractivity (Wildman–Crippen MR) is 61.7 cm³/mol. The number of halogens is 1. The van der Waals surface area contributed by atoms with Crippen LogP contribution in [0.15, 0.2) is 6.20 Å². The fourth-order valence-corrected chi connectivity index (χ4v) is 1.32. The van der Waals surface area contributed by atoms with E-state index in [0.717, 1.165) is 6.54 Å². The predicted octanol–water partition coefficient (Wildman–Crippen LogP) is 1.25. The fraction of sp³-hybridized carbons (Fsp3) is 0.556. The number of aromatic nitrogens is 2. The number of methoxy groups -OCH3 is 1. The van der Waals surface area contributed by atoms with Crippen molar-refractivity contribution in [3.8, 4) is 0 Å². The van der Waals surface area contributed by atoms with Crippen LogP contribution in [-0.4, -0.2) is 44.3 Å². The molecule has 0 saturated carbocycles. The van der Waals surface area contributed by atoms with E-state index in [9.17, 15) is 0 Å². The van der Waals surface area contributed by atoms with Gasteiger partial charge in [0.2, 0.25) is 5.95 Å². The number of anilines is 2. The highest BCUT2D eigenvalue weighted by Crippen LogP contribution is 2.22. The number of rotatable bonds is 5. The van der Waals surface area contributed by atoms with Gasteiger partial charge in [0.25, 0.3) is 0 Å². The molecule has 1 heterocycles. The van der Waals surface area contributed by atoms with Gasteiger partial charge in [-0.15, -0.1) is 0 Å². The minimum Gasteiger partial charge on any atom is -0.383 e. The normalized spacial score (nSPS) is 10.1. The topological polar surface area (TPSA) is 50.3 Å². The first-order valence-electron chi connectivity index (χ1n) is 4.59. The lowest BCUT2D eigenvalue weighted by atomic mass is 10.5. The molecule has 15 heavy (non-hydrogen) atoms. The average Bonchev–Trinajstić information content (AvgIpc) is 2.26. The Hall–Kier alpha value is -1.07. The molecule has 0 amide bonds. The standard InChI is InChI=1S/C9H15ClN4O/c1-11-9-12-6-7(10)8(13-9)14(2)4-5-15-3/h6H,4-5H2,1-3H3,(H,11,12,13). The van der Waals surface area contributed by atoms with Crippen molar-refractivity contribution in [2.75, 3.05) is 44.6 Å². The molecule has 1 aromatic rings. The quantitative estimate of drug-likeness (QED) is 0.825. The van der Waals surface area contributed by atoms with Crippen molar-refractivity contribution in [2.45, 2.75) is 0 Å². The van der Waals surface area contributed by atoms with E-state index in [1.807, 2.05) is 11.9 Å². The molecular weight excluding hydrogens is 216 g/mol. The summed E-state index contributed by atoms with van der Waals surface area (Å²) in [5, 5.41) is 3.40. The lowest BCUT2D eigenvalue weighted by Crippen LogP contribution is -2.23. The van der Waals surface area contributed by atoms with E-state index in [1.54, 1.807) is 20.4 Å². The van der Waals surface area contributed by atoms with Crippen molar-refractivity contribution in [3.05, 3.63) is 11.2 Å². The van der Waals surface area contributed by atoms with Crippen molar-refractivity contribution < 1.29 is 4.74 Å². The van der Waals surface area contributed by atoms with Crippen LogP contribution in [-0.2, 0) is 4.74 Å². The molecule has 0 radical (unpaired) electrons. The second kappa shape index (κ2) is 5.72.